The number of thiophene rings is 1. The van der Waals surface area contributed by atoms with Gasteiger partial charge in [0.1, 0.15) is 5.75 Å². The first-order valence-corrected chi connectivity index (χ1v) is 11.8. The fourth-order valence-corrected chi connectivity index (χ4v) is 5.62. The molecule has 2 atom stereocenters. The predicted octanol–water partition coefficient (Wildman–Crippen LogP) is 5.45. The van der Waals surface area contributed by atoms with Gasteiger partial charge >= 0.3 is 0 Å². The summed E-state index contributed by atoms with van der Waals surface area (Å²) in [5.41, 5.74) is 4.29. The number of aromatic hydroxyl groups is 1. The molecule has 1 aliphatic heterocycles. The van der Waals surface area contributed by atoms with Crippen LogP contribution in [0.5, 0.6) is 5.75 Å². The van der Waals surface area contributed by atoms with Gasteiger partial charge in [-0.25, -0.2) is 0 Å². The van der Waals surface area contributed by atoms with E-state index in [0.717, 1.165) is 23.4 Å². The van der Waals surface area contributed by atoms with Crippen LogP contribution in [0, 0.1) is 0 Å². The molecule has 0 radical (unpaired) electrons. The Bertz CT molecular complexity index is 1260. The van der Waals surface area contributed by atoms with Crippen LogP contribution in [-0.4, -0.2) is 16.8 Å². The Kier molecular flexibility index (Phi) is 5.60. The minimum Gasteiger partial charge on any atom is -0.508 e. The Morgan fingerprint density at radius 2 is 1.79 bits per heavy atom. The number of carbonyl (C=O) groups excluding carboxylic acids is 2. The summed E-state index contributed by atoms with van der Waals surface area (Å²) >= 11 is 1.67. The molecule has 6 heteroatoms. The number of carbonyl (C=O) groups is 2. The normalized spacial score (nSPS) is 20.3. The van der Waals surface area contributed by atoms with Gasteiger partial charge in [0.15, 0.2) is 5.78 Å². The molecular formula is C27H24N2O3S. The van der Waals surface area contributed by atoms with E-state index in [4.69, 9.17) is 0 Å². The van der Waals surface area contributed by atoms with E-state index < -0.39 is 5.92 Å². The van der Waals surface area contributed by atoms with Crippen LogP contribution in [0.3, 0.4) is 0 Å². The average Bonchev–Trinajstić information content (AvgIpc) is 3.34. The Morgan fingerprint density at radius 3 is 2.48 bits per heavy atom. The zero-order valence-corrected chi connectivity index (χ0v) is 19.0. The average molecular weight is 457 g/mol. The van der Waals surface area contributed by atoms with Crippen LogP contribution in [0.15, 0.2) is 94.7 Å². The SMILES string of the molecule is CC1=C(C(=O)Nc2ccccc2)[C@@H](c2ccc(O)cc2)C2=C(C[C@H](c3cccs3)CC2=O)N1. The third-order valence-electron chi connectivity index (χ3n) is 6.28. The van der Waals surface area contributed by atoms with Gasteiger partial charge in [-0.3, -0.25) is 9.59 Å². The summed E-state index contributed by atoms with van der Waals surface area (Å²) in [6, 6.07) is 20.2. The Labute approximate surface area is 196 Å². The van der Waals surface area contributed by atoms with Crippen molar-refractivity contribution in [3.05, 3.63) is 105 Å². The molecule has 5 nitrogen and oxygen atoms in total. The molecule has 3 aromatic rings. The van der Waals surface area contributed by atoms with Crippen molar-refractivity contribution in [1.82, 2.24) is 5.32 Å². The van der Waals surface area contributed by atoms with Crippen molar-refractivity contribution in [2.45, 2.75) is 31.6 Å². The van der Waals surface area contributed by atoms with E-state index in [1.807, 2.05) is 48.7 Å². The highest BCUT2D eigenvalue weighted by Gasteiger charge is 2.41. The molecule has 166 valence electrons. The van der Waals surface area contributed by atoms with Crippen LogP contribution in [-0.2, 0) is 9.59 Å². The summed E-state index contributed by atoms with van der Waals surface area (Å²) in [6.07, 6.45) is 1.14. The molecule has 0 fully saturated rings. The summed E-state index contributed by atoms with van der Waals surface area (Å²) in [5.74, 6) is -0.411. The quantitative estimate of drug-likeness (QED) is 0.488. The van der Waals surface area contributed by atoms with Crippen molar-refractivity contribution >= 4 is 28.7 Å². The van der Waals surface area contributed by atoms with Crippen molar-refractivity contribution in [2.75, 3.05) is 5.32 Å². The minimum absolute atomic E-state index is 0.0535. The molecule has 3 N–H and O–H groups in total. The lowest BCUT2D eigenvalue weighted by atomic mass is 9.72. The molecule has 0 bridgehead atoms. The number of phenolic OH excluding ortho intramolecular Hbond substituents is 1. The number of allylic oxidation sites excluding steroid dienone is 3. The first-order chi connectivity index (χ1) is 16.0. The van der Waals surface area contributed by atoms with E-state index in [1.165, 1.54) is 4.88 Å². The fraction of sp³-hybridized carbons (Fsp3) is 0.185. The van der Waals surface area contributed by atoms with Gasteiger partial charge in [-0.1, -0.05) is 36.4 Å². The lowest BCUT2D eigenvalue weighted by molar-refractivity contribution is -0.116. The van der Waals surface area contributed by atoms with Crippen LogP contribution < -0.4 is 10.6 Å². The molecule has 33 heavy (non-hydrogen) atoms. The first-order valence-electron chi connectivity index (χ1n) is 10.9. The summed E-state index contributed by atoms with van der Waals surface area (Å²) < 4.78 is 0. The summed E-state index contributed by atoms with van der Waals surface area (Å²) in [6.45, 7) is 1.89. The number of phenols is 1. The lowest BCUT2D eigenvalue weighted by Gasteiger charge is -2.36. The number of dihydropyridines is 1. The molecular weight excluding hydrogens is 432 g/mol. The van der Waals surface area contributed by atoms with Crippen LogP contribution in [0.4, 0.5) is 5.69 Å². The number of nitrogens with one attached hydrogen (secondary N) is 2. The van der Waals surface area contributed by atoms with Crippen molar-refractivity contribution in [3.8, 4) is 5.75 Å². The lowest BCUT2D eigenvalue weighted by Crippen LogP contribution is -2.37. The van der Waals surface area contributed by atoms with Gasteiger partial charge in [-0.2, -0.15) is 0 Å². The number of para-hydroxylation sites is 1. The monoisotopic (exact) mass is 456 g/mol. The number of hydrogen-bond donors (Lipinski definition) is 3. The molecule has 1 aromatic heterocycles. The van der Waals surface area contributed by atoms with Crippen molar-refractivity contribution in [2.24, 2.45) is 0 Å². The van der Waals surface area contributed by atoms with E-state index in [2.05, 4.69) is 16.7 Å². The van der Waals surface area contributed by atoms with Gasteiger partial charge < -0.3 is 15.7 Å². The number of rotatable bonds is 4. The molecule has 0 spiro atoms. The standard InChI is InChI=1S/C27H24N2O3S/c1-16-24(27(32)29-19-6-3-2-4-7-19)25(17-9-11-20(30)12-10-17)26-21(28-16)14-18(15-22(26)31)23-8-5-13-33-23/h2-13,18,25,28,30H,14-15H2,1H3,(H,29,32)/t18-,25+/m0/s1. The molecule has 0 saturated carbocycles. The molecule has 0 unspecified atom stereocenters. The number of hydrogen-bond acceptors (Lipinski definition) is 5. The number of ketones is 1. The van der Waals surface area contributed by atoms with E-state index in [9.17, 15) is 14.7 Å². The van der Waals surface area contributed by atoms with Crippen molar-refractivity contribution in [1.29, 1.82) is 0 Å². The van der Waals surface area contributed by atoms with E-state index in [1.54, 1.807) is 35.6 Å². The highest BCUT2D eigenvalue weighted by atomic mass is 32.1. The van der Waals surface area contributed by atoms with Crippen LogP contribution in [0.25, 0.3) is 0 Å². The van der Waals surface area contributed by atoms with Gasteiger partial charge in [0.2, 0.25) is 0 Å². The number of benzene rings is 2. The molecule has 1 amide bonds. The largest absolute Gasteiger partial charge is 0.508 e. The van der Waals surface area contributed by atoms with E-state index in [0.29, 0.717) is 23.3 Å². The van der Waals surface area contributed by atoms with Gasteiger partial charge in [0.05, 0.1) is 0 Å². The van der Waals surface area contributed by atoms with E-state index >= 15 is 0 Å². The second-order valence-electron chi connectivity index (χ2n) is 8.44. The molecule has 1 aliphatic carbocycles. The zero-order chi connectivity index (χ0) is 22.9. The topological polar surface area (TPSA) is 78.4 Å². The number of anilines is 1. The zero-order valence-electron chi connectivity index (χ0n) is 18.2. The highest BCUT2D eigenvalue weighted by molar-refractivity contribution is 7.10. The van der Waals surface area contributed by atoms with Crippen molar-refractivity contribution in [3.63, 3.8) is 0 Å². The maximum Gasteiger partial charge on any atom is 0.254 e. The third kappa shape index (κ3) is 4.10. The molecule has 2 aliphatic rings. The van der Waals surface area contributed by atoms with Crippen molar-refractivity contribution < 1.29 is 14.7 Å². The third-order valence-corrected chi connectivity index (χ3v) is 7.31. The summed E-state index contributed by atoms with van der Waals surface area (Å²) in [4.78, 5) is 28.2. The smallest absolute Gasteiger partial charge is 0.254 e. The number of Topliss-reactive ketones (excluding diaryl/α,β-unsaturated/α-hetero) is 1. The minimum atomic E-state index is -0.498. The molecule has 5 rings (SSSR count). The van der Waals surface area contributed by atoms with Gasteiger partial charge in [-0.05, 0) is 54.6 Å². The van der Waals surface area contributed by atoms with Crippen LogP contribution >= 0.6 is 11.3 Å². The Hall–Kier alpha value is -3.64. The summed E-state index contributed by atoms with van der Waals surface area (Å²) in [5, 5.41) is 18.2. The fourth-order valence-electron chi connectivity index (χ4n) is 4.78. The maximum atomic E-state index is 13.5. The second-order valence-corrected chi connectivity index (χ2v) is 9.42. The maximum absolute atomic E-state index is 13.5. The molecule has 2 aromatic carbocycles. The molecule has 0 saturated heterocycles. The second kappa shape index (κ2) is 8.71. The number of amides is 1. The summed E-state index contributed by atoms with van der Waals surface area (Å²) in [7, 11) is 0. The van der Waals surface area contributed by atoms with Crippen LogP contribution in [0.1, 0.15) is 42.0 Å². The molecule has 2 heterocycles. The van der Waals surface area contributed by atoms with Gasteiger partial charge in [0.25, 0.3) is 5.91 Å². The van der Waals surface area contributed by atoms with E-state index in [-0.39, 0.29) is 23.4 Å². The first kappa shape index (κ1) is 21.2. The highest BCUT2D eigenvalue weighted by Crippen LogP contribution is 2.46. The van der Waals surface area contributed by atoms with Crippen LogP contribution in [0.2, 0.25) is 0 Å². The Balaban J connectivity index is 1.57. The van der Waals surface area contributed by atoms with Gasteiger partial charge in [0, 0.05) is 51.4 Å². The Morgan fingerprint density at radius 1 is 1.03 bits per heavy atom. The van der Waals surface area contributed by atoms with Gasteiger partial charge in [-0.15, -0.1) is 11.3 Å². The predicted molar refractivity (Wildman–Crippen MR) is 130 cm³/mol.